The number of aromatic nitrogens is 2. The maximum atomic E-state index is 13.6. The van der Waals surface area contributed by atoms with Gasteiger partial charge in [0, 0.05) is 30.3 Å². The van der Waals surface area contributed by atoms with Crippen molar-refractivity contribution < 1.29 is 4.39 Å². The van der Waals surface area contributed by atoms with Crippen molar-refractivity contribution in [3.63, 3.8) is 0 Å². The third-order valence-electron chi connectivity index (χ3n) is 3.02. The molecule has 0 aliphatic heterocycles. The van der Waals surface area contributed by atoms with Crippen LogP contribution in [0.3, 0.4) is 0 Å². The molecule has 1 heterocycles. The molecule has 0 saturated carbocycles. The first-order valence-electron chi connectivity index (χ1n) is 6.15. The Bertz CT molecular complexity index is 534. The van der Waals surface area contributed by atoms with Gasteiger partial charge in [-0.1, -0.05) is 18.2 Å². The topological polar surface area (TPSA) is 43.8 Å². The molecule has 0 fully saturated rings. The van der Waals surface area contributed by atoms with E-state index in [1.165, 1.54) is 6.07 Å². The molecule has 3 nitrogen and oxygen atoms in total. The highest BCUT2D eigenvalue weighted by atomic mass is 19.1. The normalized spacial score (nSPS) is 12.7. The Kier molecular flexibility index (Phi) is 3.77. The van der Waals surface area contributed by atoms with Gasteiger partial charge in [-0.05, 0) is 26.0 Å². The fourth-order valence-corrected chi connectivity index (χ4v) is 2.15. The van der Waals surface area contributed by atoms with Crippen LogP contribution in [-0.2, 0) is 13.0 Å². The van der Waals surface area contributed by atoms with Gasteiger partial charge in [0.05, 0.1) is 5.69 Å². The van der Waals surface area contributed by atoms with E-state index in [9.17, 15) is 4.39 Å². The summed E-state index contributed by atoms with van der Waals surface area (Å²) in [5, 5.41) is 4.37. The minimum absolute atomic E-state index is 0.246. The van der Waals surface area contributed by atoms with Crippen LogP contribution in [0.2, 0.25) is 0 Å². The van der Waals surface area contributed by atoms with E-state index in [0.717, 1.165) is 17.9 Å². The van der Waals surface area contributed by atoms with Gasteiger partial charge in [0.25, 0.3) is 0 Å². The molecule has 2 rings (SSSR count). The number of aryl methyl sites for hydroxylation is 2. The summed E-state index contributed by atoms with van der Waals surface area (Å²) >= 11 is 0. The van der Waals surface area contributed by atoms with Crippen molar-refractivity contribution in [1.82, 2.24) is 9.78 Å². The van der Waals surface area contributed by atoms with Crippen molar-refractivity contribution >= 4 is 0 Å². The van der Waals surface area contributed by atoms with E-state index in [1.54, 1.807) is 18.2 Å². The molecule has 96 valence electrons. The molecule has 0 aliphatic rings. The standard InChI is InChI=1S/C14H18FN3/c1-3-18-11(8-10(2)17-18)9-14(16)12-6-4-5-7-13(12)15/h4-8,14H,3,9,16H2,1-2H3. The van der Waals surface area contributed by atoms with Gasteiger partial charge in [-0.3, -0.25) is 4.68 Å². The first-order valence-corrected chi connectivity index (χ1v) is 6.15. The molecule has 1 aromatic heterocycles. The van der Waals surface area contributed by atoms with E-state index < -0.39 is 0 Å². The van der Waals surface area contributed by atoms with E-state index in [2.05, 4.69) is 5.10 Å². The third-order valence-corrected chi connectivity index (χ3v) is 3.02. The lowest BCUT2D eigenvalue weighted by atomic mass is 10.0. The molecular formula is C14H18FN3. The molecule has 0 bridgehead atoms. The molecular weight excluding hydrogens is 229 g/mol. The molecule has 18 heavy (non-hydrogen) atoms. The van der Waals surface area contributed by atoms with Crippen molar-refractivity contribution in [1.29, 1.82) is 0 Å². The number of halogens is 1. The number of benzene rings is 1. The minimum atomic E-state index is -0.340. The second-order valence-electron chi connectivity index (χ2n) is 4.42. The third kappa shape index (κ3) is 2.59. The maximum Gasteiger partial charge on any atom is 0.127 e. The number of nitrogens with zero attached hydrogens (tertiary/aromatic N) is 2. The summed E-state index contributed by atoms with van der Waals surface area (Å²) in [7, 11) is 0. The van der Waals surface area contributed by atoms with Gasteiger partial charge in [-0.15, -0.1) is 0 Å². The Morgan fingerprint density at radius 1 is 1.39 bits per heavy atom. The molecule has 0 radical (unpaired) electrons. The number of rotatable bonds is 4. The average Bonchev–Trinajstić information content (AvgIpc) is 2.70. The lowest BCUT2D eigenvalue weighted by molar-refractivity contribution is 0.555. The fourth-order valence-electron chi connectivity index (χ4n) is 2.15. The predicted molar refractivity (Wildman–Crippen MR) is 69.7 cm³/mol. The van der Waals surface area contributed by atoms with E-state index in [4.69, 9.17) is 5.73 Å². The first-order chi connectivity index (χ1) is 8.61. The molecule has 1 aromatic carbocycles. The van der Waals surface area contributed by atoms with Crippen LogP contribution in [0.5, 0.6) is 0 Å². The molecule has 2 aromatic rings. The lowest BCUT2D eigenvalue weighted by Crippen LogP contribution is -2.17. The summed E-state index contributed by atoms with van der Waals surface area (Å²) in [4.78, 5) is 0. The minimum Gasteiger partial charge on any atom is -0.324 e. The Hall–Kier alpha value is -1.68. The summed E-state index contributed by atoms with van der Waals surface area (Å²) in [6.07, 6.45) is 0.593. The van der Waals surface area contributed by atoms with Crippen molar-refractivity contribution in [2.24, 2.45) is 5.73 Å². The van der Waals surface area contributed by atoms with Crippen LogP contribution in [-0.4, -0.2) is 9.78 Å². The average molecular weight is 247 g/mol. The highest BCUT2D eigenvalue weighted by molar-refractivity contribution is 5.23. The molecule has 1 unspecified atom stereocenters. The van der Waals surface area contributed by atoms with Crippen molar-refractivity contribution in [2.45, 2.75) is 32.9 Å². The molecule has 0 aliphatic carbocycles. The first kappa shape index (κ1) is 12.8. The van der Waals surface area contributed by atoms with Crippen LogP contribution >= 0.6 is 0 Å². The van der Waals surface area contributed by atoms with E-state index in [-0.39, 0.29) is 11.9 Å². The summed E-state index contributed by atoms with van der Waals surface area (Å²) in [5.41, 5.74) is 8.65. The zero-order valence-electron chi connectivity index (χ0n) is 10.7. The number of hydrogen-bond acceptors (Lipinski definition) is 2. The predicted octanol–water partition coefficient (Wildman–Crippen LogP) is 2.59. The molecule has 0 spiro atoms. The van der Waals surface area contributed by atoms with Crippen molar-refractivity contribution in [3.8, 4) is 0 Å². The summed E-state index contributed by atoms with van der Waals surface area (Å²) in [6, 6.07) is 8.32. The Morgan fingerprint density at radius 3 is 2.78 bits per heavy atom. The zero-order valence-corrected chi connectivity index (χ0v) is 10.7. The Balaban J connectivity index is 2.21. The summed E-state index contributed by atoms with van der Waals surface area (Å²) < 4.78 is 15.5. The molecule has 1 atom stereocenters. The van der Waals surface area contributed by atoms with Gasteiger partial charge in [-0.25, -0.2) is 4.39 Å². The highest BCUT2D eigenvalue weighted by Gasteiger charge is 2.14. The van der Waals surface area contributed by atoms with Gasteiger partial charge in [0.2, 0.25) is 0 Å². The number of hydrogen-bond donors (Lipinski definition) is 1. The fraction of sp³-hybridized carbons (Fsp3) is 0.357. The highest BCUT2D eigenvalue weighted by Crippen LogP contribution is 2.19. The van der Waals surface area contributed by atoms with E-state index in [0.29, 0.717) is 12.0 Å². The van der Waals surface area contributed by atoms with Crippen LogP contribution in [0.25, 0.3) is 0 Å². The quantitative estimate of drug-likeness (QED) is 0.902. The zero-order chi connectivity index (χ0) is 13.1. The summed E-state index contributed by atoms with van der Waals surface area (Å²) in [6.45, 7) is 4.78. The van der Waals surface area contributed by atoms with Gasteiger partial charge in [0.15, 0.2) is 0 Å². The molecule has 4 heteroatoms. The Labute approximate surface area is 106 Å². The maximum absolute atomic E-state index is 13.6. The largest absolute Gasteiger partial charge is 0.324 e. The van der Waals surface area contributed by atoms with Gasteiger partial charge in [-0.2, -0.15) is 5.10 Å². The second-order valence-corrected chi connectivity index (χ2v) is 4.42. The monoisotopic (exact) mass is 247 g/mol. The lowest BCUT2D eigenvalue weighted by Gasteiger charge is -2.13. The van der Waals surface area contributed by atoms with Crippen LogP contribution < -0.4 is 5.73 Å². The van der Waals surface area contributed by atoms with Crippen LogP contribution in [0.4, 0.5) is 4.39 Å². The molecule has 0 saturated heterocycles. The van der Waals surface area contributed by atoms with Gasteiger partial charge >= 0.3 is 0 Å². The van der Waals surface area contributed by atoms with E-state index >= 15 is 0 Å². The van der Waals surface area contributed by atoms with Crippen molar-refractivity contribution in [3.05, 3.63) is 53.1 Å². The van der Waals surface area contributed by atoms with Crippen LogP contribution in [0.15, 0.2) is 30.3 Å². The number of nitrogens with two attached hydrogens (primary N) is 1. The van der Waals surface area contributed by atoms with E-state index in [1.807, 2.05) is 24.6 Å². The Morgan fingerprint density at radius 2 is 2.11 bits per heavy atom. The molecule has 2 N–H and O–H groups in total. The van der Waals surface area contributed by atoms with Crippen LogP contribution in [0.1, 0.15) is 29.9 Å². The second kappa shape index (κ2) is 5.31. The van der Waals surface area contributed by atoms with Crippen LogP contribution in [0, 0.1) is 12.7 Å². The smallest absolute Gasteiger partial charge is 0.127 e. The SMILES string of the molecule is CCn1nc(C)cc1CC(N)c1ccccc1F. The van der Waals surface area contributed by atoms with Crippen molar-refractivity contribution in [2.75, 3.05) is 0 Å². The molecule has 0 amide bonds. The summed E-state index contributed by atoms with van der Waals surface area (Å²) in [5.74, 6) is -0.246. The van der Waals surface area contributed by atoms with Gasteiger partial charge in [0.1, 0.15) is 5.82 Å². The van der Waals surface area contributed by atoms with Gasteiger partial charge < -0.3 is 5.73 Å².